The minimum Gasteiger partial charge on any atom is -0.594 e. The zero-order chi connectivity index (χ0) is 15.1. The second-order valence-corrected chi connectivity index (χ2v) is 5.33. The van der Waals surface area contributed by atoms with Crippen molar-refractivity contribution in [2.45, 2.75) is 39.5 Å². The summed E-state index contributed by atoms with van der Waals surface area (Å²) in [5.41, 5.74) is 2.11. The molecule has 0 aliphatic rings. The molecule has 5 heteroatoms. The Balaban J connectivity index is 0.000000200. The van der Waals surface area contributed by atoms with Gasteiger partial charge in [-0.05, 0) is 12.0 Å². The average Bonchev–Trinajstić information content (AvgIpc) is 2.39. The van der Waals surface area contributed by atoms with Crippen molar-refractivity contribution in [2.75, 3.05) is 0 Å². The Morgan fingerprint density at radius 2 is 1.85 bits per heavy atom. The SMILES string of the molecule is CC(C)c1ccc[n+]([O-])n1.CC(C)c1cnc[n+](C)c1. The van der Waals surface area contributed by atoms with Crippen LogP contribution in [0, 0.1) is 5.21 Å². The first kappa shape index (κ1) is 16.0. The molecule has 2 aromatic rings. The molecule has 0 N–H and O–H groups in total. The molecule has 0 aliphatic carbocycles. The second kappa shape index (κ2) is 7.53. The van der Waals surface area contributed by atoms with Crippen LogP contribution in [-0.4, -0.2) is 10.1 Å². The highest BCUT2D eigenvalue weighted by Crippen LogP contribution is 2.08. The molecule has 0 amide bonds. The van der Waals surface area contributed by atoms with E-state index < -0.39 is 0 Å². The summed E-state index contributed by atoms with van der Waals surface area (Å²) in [6, 6.07) is 3.55. The van der Waals surface area contributed by atoms with E-state index in [-0.39, 0.29) is 0 Å². The Bertz CT molecular complexity index is 491. The van der Waals surface area contributed by atoms with Crippen LogP contribution < -0.4 is 9.41 Å². The molecule has 0 saturated heterocycles. The van der Waals surface area contributed by atoms with E-state index in [0.29, 0.717) is 16.7 Å². The molecule has 2 heterocycles. The van der Waals surface area contributed by atoms with Crippen molar-refractivity contribution < 1.29 is 9.41 Å². The van der Waals surface area contributed by atoms with Crippen LogP contribution in [0.1, 0.15) is 50.8 Å². The molecule has 0 spiro atoms. The van der Waals surface area contributed by atoms with Gasteiger partial charge in [-0.15, -0.1) is 0 Å². The first-order valence-corrected chi connectivity index (χ1v) is 6.76. The van der Waals surface area contributed by atoms with E-state index in [9.17, 15) is 5.21 Å². The summed E-state index contributed by atoms with van der Waals surface area (Å²) in [5.74, 6) is 0.890. The van der Waals surface area contributed by atoms with Crippen LogP contribution >= 0.6 is 0 Å². The molecule has 0 saturated carbocycles. The maximum atomic E-state index is 10.6. The molecule has 0 unspecified atom stereocenters. The zero-order valence-corrected chi connectivity index (χ0v) is 12.8. The van der Waals surface area contributed by atoms with Gasteiger partial charge in [0, 0.05) is 22.6 Å². The van der Waals surface area contributed by atoms with Crippen LogP contribution in [-0.2, 0) is 7.05 Å². The quantitative estimate of drug-likeness (QED) is 0.621. The highest BCUT2D eigenvalue weighted by molar-refractivity contribution is 5.04. The molecule has 2 rings (SSSR count). The van der Waals surface area contributed by atoms with Gasteiger partial charge in [-0.1, -0.05) is 37.5 Å². The molecular formula is C15H23N4O+. The molecule has 0 bridgehead atoms. The van der Waals surface area contributed by atoms with Crippen molar-refractivity contribution in [1.29, 1.82) is 0 Å². The largest absolute Gasteiger partial charge is 0.594 e. The standard InChI is InChI=1S/C8H13N2.C7H10N2O/c1-7(2)8-4-9-6-10(3)5-8;1-6(2)7-4-3-5-9(10)8-7/h4-7H,1-3H3;3-6H,1-2H3/q+1;. The Morgan fingerprint density at radius 1 is 1.15 bits per heavy atom. The molecule has 0 aliphatic heterocycles. The van der Waals surface area contributed by atoms with Crippen molar-refractivity contribution in [1.82, 2.24) is 10.1 Å². The third-order valence-corrected chi connectivity index (χ3v) is 2.78. The van der Waals surface area contributed by atoms with Crippen molar-refractivity contribution in [2.24, 2.45) is 7.05 Å². The van der Waals surface area contributed by atoms with Crippen molar-refractivity contribution in [3.05, 3.63) is 53.5 Å². The van der Waals surface area contributed by atoms with E-state index in [2.05, 4.69) is 30.1 Å². The van der Waals surface area contributed by atoms with E-state index in [1.54, 1.807) is 12.4 Å². The van der Waals surface area contributed by atoms with Gasteiger partial charge >= 0.3 is 0 Å². The maximum Gasteiger partial charge on any atom is 0.285 e. The topological polar surface area (TPSA) is 56.6 Å². The van der Waals surface area contributed by atoms with E-state index in [4.69, 9.17) is 0 Å². The molecular weight excluding hydrogens is 252 g/mol. The number of rotatable bonds is 2. The lowest BCUT2D eigenvalue weighted by Gasteiger charge is -2.00. The summed E-state index contributed by atoms with van der Waals surface area (Å²) >= 11 is 0. The summed E-state index contributed by atoms with van der Waals surface area (Å²) in [6.07, 6.45) is 7.18. The zero-order valence-electron chi connectivity index (χ0n) is 12.8. The van der Waals surface area contributed by atoms with Gasteiger partial charge in [0.2, 0.25) is 6.20 Å². The Morgan fingerprint density at radius 3 is 2.25 bits per heavy atom. The molecule has 0 fully saturated rings. The number of nitrogens with zero attached hydrogens (tertiary/aromatic N) is 4. The molecule has 0 aromatic carbocycles. The summed E-state index contributed by atoms with van der Waals surface area (Å²) < 4.78 is 1.97. The fourth-order valence-corrected chi connectivity index (χ4v) is 1.53. The van der Waals surface area contributed by atoms with E-state index in [1.807, 2.05) is 37.7 Å². The summed E-state index contributed by atoms with van der Waals surface area (Å²) in [5, 5.41) is 14.3. The van der Waals surface area contributed by atoms with Crippen molar-refractivity contribution in [3.63, 3.8) is 0 Å². The molecule has 108 valence electrons. The Kier molecular flexibility index (Phi) is 6.03. The normalized spacial score (nSPS) is 10.3. The first-order chi connectivity index (χ1) is 9.40. The summed E-state index contributed by atoms with van der Waals surface area (Å²) in [4.78, 5) is 4.65. The average molecular weight is 275 g/mol. The lowest BCUT2D eigenvalue weighted by molar-refractivity contribution is -0.675. The smallest absolute Gasteiger partial charge is 0.285 e. The van der Waals surface area contributed by atoms with Crippen LogP contribution in [0.3, 0.4) is 0 Å². The fourth-order valence-electron chi connectivity index (χ4n) is 1.53. The maximum absolute atomic E-state index is 10.6. The van der Waals surface area contributed by atoms with Crippen molar-refractivity contribution in [3.8, 4) is 0 Å². The van der Waals surface area contributed by atoms with Crippen LogP contribution in [0.2, 0.25) is 0 Å². The third-order valence-electron chi connectivity index (χ3n) is 2.78. The number of aromatic nitrogens is 4. The van der Waals surface area contributed by atoms with Gasteiger partial charge in [0.1, 0.15) is 11.9 Å². The molecule has 20 heavy (non-hydrogen) atoms. The van der Waals surface area contributed by atoms with Gasteiger partial charge in [-0.25, -0.2) is 4.57 Å². The molecule has 0 atom stereocenters. The van der Waals surface area contributed by atoms with Gasteiger partial charge < -0.3 is 5.21 Å². The molecule has 0 radical (unpaired) electrons. The molecule has 5 nitrogen and oxygen atoms in total. The monoisotopic (exact) mass is 275 g/mol. The van der Waals surface area contributed by atoms with E-state index in [0.717, 1.165) is 5.69 Å². The van der Waals surface area contributed by atoms with Gasteiger partial charge in [0.05, 0.1) is 13.2 Å². The van der Waals surface area contributed by atoms with Crippen LogP contribution in [0.4, 0.5) is 0 Å². The Labute approximate surface area is 120 Å². The second-order valence-electron chi connectivity index (χ2n) is 5.33. The third kappa shape index (κ3) is 5.30. The number of hydrogen-bond donors (Lipinski definition) is 0. The van der Waals surface area contributed by atoms with Gasteiger partial charge in [-0.2, -0.15) is 0 Å². The highest BCUT2D eigenvalue weighted by atomic mass is 16.5. The van der Waals surface area contributed by atoms with Gasteiger partial charge in [-0.3, -0.25) is 0 Å². The lowest BCUT2D eigenvalue weighted by Crippen LogP contribution is -2.31. The number of aryl methyl sites for hydroxylation is 1. The van der Waals surface area contributed by atoms with Crippen LogP contribution in [0.25, 0.3) is 0 Å². The first-order valence-electron chi connectivity index (χ1n) is 6.76. The van der Waals surface area contributed by atoms with E-state index in [1.165, 1.54) is 11.8 Å². The van der Waals surface area contributed by atoms with Gasteiger partial charge in [0.15, 0.2) is 0 Å². The van der Waals surface area contributed by atoms with Gasteiger partial charge in [0.25, 0.3) is 6.33 Å². The predicted molar refractivity (Wildman–Crippen MR) is 76.8 cm³/mol. The minimum atomic E-state index is 0.321. The number of hydrogen-bond acceptors (Lipinski definition) is 3. The fraction of sp³-hybridized carbons (Fsp3) is 0.467. The van der Waals surface area contributed by atoms with E-state index >= 15 is 0 Å². The minimum absolute atomic E-state index is 0.321. The lowest BCUT2D eigenvalue weighted by atomic mass is 10.1. The molecule has 2 aromatic heterocycles. The van der Waals surface area contributed by atoms with Crippen molar-refractivity contribution >= 4 is 0 Å². The van der Waals surface area contributed by atoms with Crippen LogP contribution in [0.15, 0.2) is 37.1 Å². The summed E-state index contributed by atoms with van der Waals surface area (Å²) in [6.45, 7) is 8.33. The highest BCUT2D eigenvalue weighted by Gasteiger charge is 2.03. The Hall–Kier alpha value is -2.04. The summed E-state index contributed by atoms with van der Waals surface area (Å²) in [7, 11) is 1.98. The predicted octanol–water partition coefficient (Wildman–Crippen LogP) is 1.87. The van der Waals surface area contributed by atoms with Crippen LogP contribution in [0.5, 0.6) is 0 Å².